The van der Waals surface area contributed by atoms with Crippen molar-refractivity contribution in [2.75, 3.05) is 6.61 Å². The van der Waals surface area contributed by atoms with E-state index in [1.807, 2.05) is 20.8 Å². The summed E-state index contributed by atoms with van der Waals surface area (Å²) in [5, 5.41) is -1.02. The topological polar surface area (TPSA) is 65.0 Å². The zero-order chi connectivity index (χ0) is 16.6. The molecule has 0 aromatic carbocycles. The summed E-state index contributed by atoms with van der Waals surface area (Å²) in [5.74, 6) is 0. The lowest BCUT2D eigenvalue weighted by atomic mass is 9.94. The van der Waals surface area contributed by atoms with E-state index < -0.39 is 42.7 Å². The molecule has 5 atom stereocenters. The van der Waals surface area contributed by atoms with Crippen LogP contribution in [-0.2, 0) is 18.6 Å². The number of alkyl halides is 1. The maximum atomic E-state index is 14.4. The van der Waals surface area contributed by atoms with Gasteiger partial charge in [0.25, 0.3) is 0 Å². The van der Waals surface area contributed by atoms with Crippen LogP contribution in [0.2, 0.25) is 0 Å². The third-order valence-electron chi connectivity index (χ3n) is 3.12. The van der Waals surface area contributed by atoms with Gasteiger partial charge in [-0.2, -0.15) is 0 Å². The van der Waals surface area contributed by atoms with Crippen molar-refractivity contribution in [1.29, 1.82) is 0 Å². The Morgan fingerprint density at radius 1 is 1.29 bits per heavy atom. The summed E-state index contributed by atoms with van der Waals surface area (Å²) in [6.45, 7) is 10.1. The highest BCUT2D eigenvalue weighted by atomic mass is 31.2. The minimum absolute atomic E-state index is 0.00345. The average Bonchev–Trinajstić information content (AvgIpc) is 2.51. The Balaban J connectivity index is 2.72. The fraction of sp³-hybridized carbons (Fsp3) is 1.00. The molecule has 1 N–H and O–H groups in total. The second-order valence-electron chi connectivity index (χ2n) is 7.27. The van der Waals surface area contributed by atoms with Crippen molar-refractivity contribution in [1.82, 2.24) is 0 Å². The van der Waals surface area contributed by atoms with Crippen LogP contribution in [0, 0.1) is 0 Å². The molecule has 122 valence electrons. The van der Waals surface area contributed by atoms with Crippen LogP contribution in [0.3, 0.4) is 0 Å². The van der Waals surface area contributed by atoms with Crippen LogP contribution in [0.25, 0.3) is 0 Å². The first-order valence-corrected chi connectivity index (χ1v) is 8.53. The summed E-state index contributed by atoms with van der Waals surface area (Å²) >= 11 is 0. The van der Waals surface area contributed by atoms with E-state index in [0.717, 1.165) is 0 Å². The predicted octanol–water partition coefficient (Wildman–Crippen LogP) is 2.40. The van der Waals surface area contributed by atoms with Gasteiger partial charge in [-0.05, 0) is 41.5 Å². The highest BCUT2D eigenvalue weighted by Crippen LogP contribution is 2.57. The molecule has 2 radical (unpaired) electrons. The molecule has 4 unspecified atom stereocenters. The van der Waals surface area contributed by atoms with E-state index in [9.17, 15) is 13.8 Å². The van der Waals surface area contributed by atoms with Gasteiger partial charge in [-0.15, -0.1) is 0 Å². The van der Waals surface area contributed by atoms with Crippen LogP contribution < -0.4 is 0 Å². The first kappa shape index (κ1) is 19.1. The number of hydrogen-bond donors (Lipinski definition) is 1. The van der Waals surface area contributed by atoms with Gasteiger partial charge in [-0.3, -0.25) is 9.09 Å². The number of halogens is 1. The molecule has 0 aromatic rings. The largest absolute Gasteiger partial charge is 0.376 e. The molecule has 0 aromatic heterocycles. The lowest BCUT2D eigenvalue weighted by Crippen LogP contribution is -2.36. The molecule has 21 heavy (non-hydrogen) atoms. The van der Waals surface area contributed by atoms with Gasteiger partial charge < -0.3 is 14.4 Å². The summed E-state index contributed by atoms with van der Waals surface area (Å²) in [7, 11) is 1.66. The second-order valence-corrected chi connectivity index (χ2v) is 9.86. The quantitative estimate of drug-likeness (QED) is 0.636. The number of hydrogen-bond acceptors (Lipinski definition) is 4. The first-order chi connectivity index (χ1) is 9.24. The van der Waals surface area contributed by atoms with Gasteiger partial charge in [0.05, 0.1) is 17.4 Å². The van der Waals surface area contributed by atoms with Crippen molar-refractivity contribution < 1.29 is 27.8 Å². The standard InChI is InChI=1S/C13H25BFO5P/c1-12(2,3)18-7-8-9(15)10(11(14)19-8)20-21(16,17)13(4,5)6/h8-11H,7H2,1-6H3,(H,16,17)/t8?,9?,10-,11?/m1/s1. The van der Waals surface area contributed by atoms with Gasteiger partial charge in [0.2, 0.25) is 0 Å². The summed E-state index contributed by atoms with van der Waals surface area (Å²) in [6.07, 6.45) is -3.82. The Morgan fingerprint density at radius 3 is 2.24 bits per heavy atom. The predicted molar refractivity (Wildman–Crippen MR) is 79.5 cm³/mol. The van der Waals surface area contributed by atoms with Crippen LogP contribution >= 0.6 is 7.60 Å². The van der Waals surface area contributed by atoms with Crippen LogP contribution in [-0.4, -0.2) is 54.5 Å². The smallest absolute Gasteiger partial charge is 0.333 e. The van der Waals surface area contributed by atoms with Gasteiger partial charge in [-0.25, -0.2) is 4.39 Å². The van der Waals surface area contributed by atoms with Crippen molar-refractivity contribution in [3.63, 3.8) is 0 Å². The second kappa shape index (κ2) is 6.28. The summed E-state index contributed by atoms with van der Waals surface area (Å²) in [6, 6.07) is -1.10. The van der Waals surface area contributed by atoms with E-state index in [1.165, 1.54) is 0 Å². The molecule has 0 bridgehead atoms. The summed E-state index contributed by atoms with van der Waals surface area (Å²) < 4.78 is 42.3. The minimum Gasteiger partial charge on any atom is -0.376 e. The van der Waals surface area contributed by atoms with Crippen LogP contribution in [0.4, 0.5) is 4.39 Å². The molecule has 1 heterocycles. The van der Waals surface area contributed by atoms with E-state index >= 15 is 0 Å². The molecule has 1 rings (SSSR count). The molecule has 5 nitrogen and oxygen atoms in total. The average molecular weight is 322 g/mol. The molecule has 1 aliphatic rings. The fourth-order valence-electron chi connectivity index (χ4n) is 1.65. The Kier molecular flexibility index (Phi) is 5.72. The van der Waals surface area contributed by atoms with Crippen LogP contribution in [0.5, 0.6) is 0 Å². The molecule has 0 amide bonds. The molecule has 1 fully saturated rings. The molecular weight excluding hydrogens is 297 g/mol. The van der Waals surface area contributed by atoms with Gasteiger partial charge in [-0.1, -0.05) is 0 Å². The van der Waals surface area contributed by atoms with Crippen LogP contribution in [0.1, 0.15) is 41.5 Å². The van der Waals surface area contributed by atoms with Gasteiger partial charge in [0, 0.05) is 6.00 Å². The van der Waals surface area contributed by atoms with E-state index in [2.05, 4.69) is 0 Å². The van der Waals surface area contributed by atoms with Crippen molar-refractivity contribution in [3.8, 4) is 0 Å². The van der Waals surface area contributed by atoms with Gasteiger partial charge in [0.15, 0.2) is 6.17 Å². The molecule has 0 aliphatic carbocycles. The molecule has 8 heteroatoms. The first-order valence-electron chi connectivity index (χ1n) is 6.95. The van der Waals surface area contributed by atoms with Crippen molar-refractivity contribution in [3.05, 3.63) is 0 Å². The van der Waals surface area contributed by atoms with Crippen molar-refractivity contribution in [2.45, 2.75) is 76.7 Å². The Bertz CT molecular complexity index is 406. The Morgan fingerprint density at radius 2 is 1.81 bits per heavy atom. The minimum atomic E-state index is -4.02. The fourth-order valence-corrected chi connectivity index (χ4v) is 2.53. The maximum Gasteiger partial charge on any atom is 0.333 e. The Labute approximate surface area is 127 Å². The summed E-state index contributed by atoms with van der Waals surface area (Å²) in [4.78, 5) is 9.92. The zero-order valence-electron chi connectivity index (χ0n) is 13.5. The third kappa shape index (κ3) is 5.03. The molecule has 1 aliphatic heterocycles. The SMILES string of the molecule is [B]C1OC(COC(C)(C)C)C(F)[C@H]1OP(=O)(O)C(C)(C)C. The lowest BCUT2D eigenvalue weighted by molar-refractivity contribution is -0.0711. The number of ether oxygens (including phenoxy) is 2. The van der Waals surface area contributed by atoms with E-state index in [-0.39, 0.29) is 6.61 Å². The lowest BCUT2D eigenvalue weighted by Gasteiger charge is -2.29. The van der Waals surface area contributed by atoms with Crippen LogP contribution in [0.15, 0.2) is 0 Å². The third-order valence-corrected chi connectivity index (χ3v) is 5.34. The molecule has 1 saturated heterocycles. The highest BCUT2D eigenvalue weighted by Gasteiger charge is 2.49. The van der Waals surface area contributed by atoms with Gasteiger partial charge in [0.1, 0.15) is 20.1 Å². The molecule has 0 saturated carbocycles. The van der Waals surface area contributed by atoms with E-state index in [4.69, 9.17) is 21.8 Å². The highest BCUT2D eigenvalue weighted by molar-refractivity contribution is 7.54. The number of rotatable bonds is 4. The summed E-state index contributed by atoms with van der Waals surface area (Å²) in [5.41, 5.74) is -0.441. The van der Waals surface area contributed by atoms with Crippen molar-refractivity contribution in [2.24, 2.45) is 0 Å². The zero-order valence-corrected chi connectivity index (χ0v) is 14.4. The molecule has 0 spiro atoms. The van der Waals surface area contributed by atoms with E-state index in [1.54, 1.807) is 20.8 Å². The van der Waals surface area contributed by atoms with Crippen molar-refractivity contribution >= 4 is 15.4 Å². The van der Waals surface area contributed by atoms with Gasteiger partial charge >= 0.3 is 7.60 Å². The normalized spacial score (nSPS) is 33.9. The molecular formula is C13H25BFO5P. The maximum absolute atomic E-state index is 14.4. The van der Waals surface area contributed by atoms with E-state index in [0.29, 0.717) is 0 Å². The Hall–Kier alpha value is 0.0649. The monoisotopic (exact) mass is 322 g/mol.